The van der Waals surface area contributed by atoms with E-state index in [2.05, 4.69) is 34.2 Å². The first-order valence-electron chi connectivity index (χ1n) is 4.73. The van der Waals surface area contributed by atoms with Crippen LogP contribution in [0.4, 0.5) is 0 Å². The van der Waals surface area contributed by atoms with E-state index in [4.69, 9.17) is 0 Å². The minimum Gasteiger partial charge on any atom is -0.265 e. The van der Waals surface area contributed by atoms with Crippen molar-refractivity contribution < 1.29 is 0 Å². The molecule has 14 heavy (non-hydrogen) atoms. The highest BCUT2D eigenvalue weighted by atomic mass is 14.6. The van der Waals surface area contributed by atoms with Gasteiger partial charge in [-0.3, -0.25) is 9.97 Å². The summed E-state index contributed by atoms with van der Waals surface area (Å²) >= 11 is 0. The number of rotatable bonds is 3. The molecule has 2 aromatic rings. The lowest BCUT2D eigenvalue weighted by molar-refractivity contribution is 0.951. The van der Waals surface area contributed by atoms with Crippen molar-refractivity contribution in [2.75, 3.05) is 0 Å². The maximum atomic E-state index is 3.99. The zero-order valence-corrected chi connectivity index (χ0v) is 7.93. The summed E-state index contributed by atoms with van der Waals surface area (Å²) in [4.78, 5) is 7.98. The topological polar surface area (TPSA) is 25.8 Å². The minimum absolute atomic E-state index is 1.06. The fraction of sp³-hybridized carbons (Fsp3) is 0.167. The highest BCUT2D eigenvalue weighted by molar-refractivity contribution is 5.15. The van der Waals surface area contributed by atoms with Crippen LogP contribution in [0.15, 0.2) is 49.1 Å². The van der Waals surface area contributed by atoms with E-state index in [0.717, 1.165) is 12.8 Å². The monoisotopic (exact) mass is 184 g/mol. The van der Waals surface area contributed by atoms with Gasteiger partial charge in [0.1, 0.15) is 0 Å². The predicted octanol–water partition coefficient (Wildman–Crippen LogP) is 2.26. The smallest absolute Gasteiger partial charge is 0.0270 e. The summed E-state index contributed by atoms with van der Waals surface area (Å²) in [5.74, 6) is 0. The molecule has 0 N–H and O–H groups in total. The molecule has 0 bridgehead atoms. The van der Waals surface area contributed by atoms with E-state index >= 15 is 0 Å². The predicted molar refractivity (Wildman–Crippen MR) is 55.9 cm³/mol. The maximum Gasteiger partial charge on any atom is 0.0270 e. The molecule has 0 aromatic carbocycles. The molecule has 2 heterocycles. The lowest BCUT2D eigenvalue weighted by Gasteiger charge is -2.00. The largest absolute Gasteiger partial charge is 0.265 e. The average Bonchev–Trinajstić information content (AvgIpc) is 2.29. The van der Waals surface area contributed by atoms with Gasteiger partial charge in [-0.2, -0.15) is 0 Å². The molecule has 2 rings (SSSR count). The summed E-state index contributed by atoms with van der Waals surface area (Å²) in [6.07, 6.45) is 9.46. The molecule has 70 valence electrons. The zero-order chi connectivity index (χ0) is 9.64. The SMILES string of the molecule is c1cc(CCc2ccncc2)ccn1. The van der Waals surface area contributed by atoms with E-state index in [9.17, 15) is 0 Å². The van der Waals surface area contributed by atoms with Crippen LogP contribution in [0.1, 0.15) is 11.1 Å². The van der Waals surface area contributed by atoms with E-state index in [0.29, 0.717) is 0 Å². The third-order valence-corrected chi connectivity index (χ3v) is 2.20. The van der Waals surface area contributed by atoms with Crippen molar-refractivity contribution in [3.8, 4) is 0 Å². The first-order valence-corrected chi connectivity index (χ1v) is 4.73. The van der Waals surface area contributed by atoms with Crippen molar-refractivity contribution in [3.63, 3.8) is 0 Å². The summed E-state index contributed by atoms with van der Waals surface area (Å²) in [6.45, 7) is 0. The molecule has 0 unspecified atom stereocenters. The van der Waals surface area contributed by atoms with Crippen LogP contribution >= 0.6 is 0 Å². The van der Waals surface area contributed by atoms with Crippen LogP contribution in [0.3, 0.4) is 0 Å². The van der Waals surface area contributed by atoms with Crippen molar-refractivity contribution in [2.45, 2.75) is 12.8 Å². The number of pyridine rings is 2. The molecule has 0 atom stereocenters. The number of nitrogens with zero attached hydrogens (tertiary/aromatic N) is 2. The highest BCUT2D eigenvalue weighted by Gasteiger charge is 1.93. The van der Waals surface area contributed by atoms with Gasteiger partial charge in [0.2, 0.25) is 0 Å². The lowest BCUT2D eigenvalue weighted by Crippen LogP contribution is -1.91. The standard InChI is InChI=1S/C12H12N2/c1(11-3-7-13-8-4-11)2-12-5-9-14-10-6-12/h3-10H,1-2H2. The van der Waals surface area contributed by atoms with Gasteiger partial charge >= 0.3 is 0 Å². The van der Waals surface area contributed by atoms with Crippen LogP contribution in [0, 0.1) is 0 Å². The molecule has 0 fully saturated rings. The highest BCUT2D eigenvalue weighted by Crippen LogP contribution is 2.04. The van der Waals surface area contributed by atoms with Crippen LogP contribution in [0.2, 0.25) is 0 Å². The lowest BCUT2D eigenvalue weighted by atomic mass is 10.1. The van der Waals surface area contributed by atoms with Crippen LogP contribution in [0.25, 0.3) is 0 Å². The van der Waals surface area contributed by atoms with Crippen molar-refractivity contribution in [3.05, 3.63) is 60.2 Å². The average molecular weight is 184 g/mol. The summed E-state index contributed by atoms with van der Waals surface area (Å²) in [7, 11) is 0. The van der Waals surface area contributed by atoms with Gasteiger partial charge in [0.25, 0.3) is 0 Å². The first kappa shape index (κ1) is 8.88. The quantitative estimate of drug-likeness (QED) is 0.731. The molecule has 0 amide bonds. The van der Waals surface area contributed by atoms with Crippen LogP contribution in [0.5, 0.6) is 0 Å². The number of hydrogen-bond acceptors (Lipinski definition) is 2. The molecule has 0 radical (unpaired) electrons. The van der Waals surface area contributed by atoms with E-state index in [-0.39, 0.29) is 0 Å². The molecule has 2 aromatic heterocycles. The normalized spacial score (nSPS) is 10.0. The Hall–Kier alpha value is -1.70. The van der Waals surface area contributed by atoms with Crippen molar-refractivity contribution in [2.24, 2.45) is 0 Å². The molecule has 2 heteroatoms. The second kappa shape index (κ2) is 4.51. The second-order valence-corrected chi connectivity index (χ2v) is 3.21. The van der Waals surface area contributed by atoms with Crippen LogP contribution in [-0.2, 0) is 12.8 Å². The van der Waals surface area contributed by atoms with Crippen molar-refractivity contribution in [1.82, 2.24) is 9.97 Å². The molecule has 0 spiro atoms. The van der Waals surface area contributed by atoms with Crippen LogP contribution < -0.4 is 0 Å². The van der Waals surface area contributed by atoms with Gasteiger partial charge < -0.3 is 0 Å². The van der Waals surface area contributed by atoms with Gasteiger partial charge in [-0.05, 0) is 48.2 Å². The van der Waals surface area contributed by atoms with Gasteiger partial charge in [-0.25, -0.2) is 0 Å². The summed E-state index contributed by atoms with van der Waals surface area (Å²) in [6, 6.07) is 8.23. The van der Waals surface area contributed by atoms with Gasteiger partial charge in [-0.15, -0.1) is 0 Å². The van der Waals surface area contributed by atoms with Crippen molar-refractivity contribution in [1.29, 1.82) is 0 Å². The van der Waals surface area contributed by atoms with Gasteiger partial charge in [-0.1, -0.05) is 0 Å². The Morgan fingerprint density at radius 1 is 0.643 bits per heavy atom. The number of hydrogen-bond donors (Lipinski definition) is 0. The Balaban J connectivity index is 1.96. The summed E-state index contributed by atoms with van der Waals surface area (Å²) in [5.41, 5.74) is 2.66. The third kappa shape index (κ3) is 2.39. The molecule has 2 nitrogen and oxygen atoms in total. The third-order valence-electron chi connectivity index (χ3n) is 2.20. The minimum atomic E-state index is 1.06. The van der Waals surface area contributed by atoms with E-state index in [1.165, 1.54) is 11.1 Å². The van der Waals surface area contributed by atoms with E-state index < -0.39 is 0 Å². The fourth-order valence-electron chi connectivity index (χ4n) is 1.39. The van der Waals surface area contributed by atoms with Gasteiger partial charge in [0.05, 0.1) is 0 Å². The van der Waals surface area contributed by atoms with E-state index in [1.54, 1.807) is 0 Å². The summed E-state index contributed by atoms with van der Waals surface area (Å²) < 4.78 is 0. The Kier molecular flexibility index (Phi) is 2.86. The molecule has 0 aliphatic heterocycles. The fourth-order valence-corrected chi connectivity index (χ4v) is 1.39. The molecular weight excluding hydrogens is 172 g/mol. The van der Waals surface area contributed by atoms with Gasteiger partial charge in [0.15, 0.2) is 0 Å². The van der Waals surface area contributed by atoms with E-state index in [1.807, 2.05) is 24.8 Å². The molecule has 0 saturated carbocycles. The first-order chi connectivity index (χ1) is 6.95. The Morgan fingerprint density at radius 3 is 1.36 bits per heavy atom. The molecule has 0 saturated heterocycles. The maximum absolute atomic E-state index is 3.99. The van der Waals surface area contributed by atoms with Crippen LogP contribution in [-0.4, -0.2) is 9.97 Å². The molecular formula is C12H12N2. The molecule has 0 aliphatic rings. The van der Waals surface area contributed by atoms with Crippen molar-refractivity contribution >= 4 is 0 Å². The Morgan fingerprint density at radius 2 is 1.00 bits per heavy atom. The summed E-state index contributed by atoms with van der Waals surface area (Å²) in [5, 5.41) is 0. The number of aryl methyl sites for hydroxylation is 2. The zero-order valence-electron chi connectivity index (χ0n) is 7.93. The Labute approximate surface area is 83.7 Å². The molecule has 0 aliphatic carbocycles. The Bertz CT molecular complexity index is 331. The number of aromatic nitrogens is 2. The second-order valence-electron chi connectivity index (χ2n) is 3.21. The van der Waals surface area contributed by atoms with Gasteiger partial charge in [0, 0.05) is 24.8 Å².